The summed E-state index contributed by atoms with van der Waals surface area (Å²) < 4.78 is 12.8. The van der Waals surface area contributed by atoms with Gasteiger partial charge in [-0.15, -0.1) is 0 Å². The summed E-state index contributed by atoms with van der Waals surface area (Å²) in [6.45, 7) is 0. The number of aliphatic imine (C=N–C) groups is 2. The maximum absolute atomic E-state index is 6.52. The summed E-state index contributed by atoms with van der Waals surface area (Å²) in [7, 11) is 0. The van der Waals surface area contributed by atoms with Gasteiger partial charge in [0, 0.05) is 32.7 Å². The van der Waals surface area contributed by atoms with E-state index in [1.165, 1.54) is 5.39 Å². The molecule has 48 heavy (non-hydrogen) atoms. The fourth-order valence-electron chi connectivity index (χ4n) is 7.05. The number of fused-ring (bicyclic) bond motifs is 7. The Morgan fingerprint density at radius 3 is 2.02 bits per heavy atom. The SMILES string of the molecule is c1ccc(C2N=C(c3ccc4ccccc4c3)N=C(c3cccc4oc5cccc(-c6ccc7c(c6)oc6ccccc67)c5c34)N2)cc1. The maximum Gasteiger partial charge on any atom is 0.159 e. The third-order valence-corrected chi connectivity index (χ3v) is 9.33. The van der Waals surface area contributed by atoms with Gasteiger partial charge in [0.1, 0.15) is 34.3 Å². The highest BCUT2D eigenvalue weighted by Gasteiger charge is 2.25. The highest BCUT2D eigenvalue weighted by molar-refractivity contribution is 6.24. The Kier molecular flexibility index (Phi) is 5.87. The molecule has 1 aliphatic heterocycles. The Morgan fingerprint density at radius 2 is 1.15 bits per heavy atom. The largest absolute Gasteiger partial charge is 0.456 e. The van der Waals surface area contributed by atoms with E-state index in [0.717, 1.165) is 82.9 Å². The van der Waals surface area contributed by atoms with Crippen LogP contribution >= 0.6 is 0 Å². The van der Waals surface area contributed by atoms with Gasteiger partial charge in [0.05, 0.1) is 0 Å². The van der Waals surface area contributed by atoms with E-state index in [9.17, 15) is 0 Å². The lowest BCUT2D eigenvalue weighted by Crippen LogP contribution is -2.33. The lowest BCUT2D eigenvalue weighted by Gasteiger charge is -2.24. The van der Waals surface area contributed by atoms with Crippen LogP contribution in [0, 0.1) is 0 Å². The molecule has 0 fully saturated rings. The van der Waals surface area contributed by atoms with Gasteiger partial charge in [-0.1, -0.05) is 115 Å². The number of hydrogen-bond acceptors (Lipinski definition) is 5. The van der Waals surface area contributed by atoms with Crippen molar-refractivity contribution in [3.05, 3.63) is 168 Å². The maximum atomic E-state index is 6.52. The molecule has 0 amide bonds. The van der Waals surface area contributed by atoms with Gasteiger partial charge < -0.3 is 14.2 Å². The van der Waals surface area contributed by atoms with Crippen molar-refractivity contribution in [3.8, 4) is 11.1 Å². The number of benzene rings is 7. The van der Waals surface area contributed by atoms with Crippen LogP contribution in [0.3, 0.4) is 0 Å². The second-order valence-corrected chi connectivity index (χ2v) is 12.2. The zero-order valence-electron chi connectivity index (χ0n) is 25.7. The van der Waals surface area contributed by atoms with E-state index in [-0.39, 0.29) is 6.17 Å². The van der Waals surface area contributed by atoms with Crippen LogP contribution in [0.2, 0.25) is 0 Å². The lowest BCUT2D eigenvalue weighted by molar-refractivity contribution is 0.667. The summed E-state index contributed by atoms with van der Waals surface area (Å²) in [5.41, 5.74) is 8.48. The van der Waals surface area contributed by atoms with Crippen molar-refractivity contribution in [2.24, 2.45) is 9.98 Å². The zero-order valence-corrected chi connectivity index (χ0v) is 25.7. The smallest absolute Gasteiger partial charge is 0.159 e. The van der Waals surface area contributed by atoms with Crippen LogP contribution in [-0.2, 0) is 0 Å². The topological polar surface area (TPSA) is 63.0 Å². The Bertz CT molecular complexity index is 2770. The number of hydrogen-bond donors (Lipinski definition) is 1. The van der Waals surface area contributed by atoms with Gasteiger partial charge in [0.2, 0.25) is 0 Å². The predicted octanol–water partition coefficient (Wildman–Crippen LogP) is 10.8. The summed E-state index contributed by atoms with van der Waals surface area (Å²) in [6.07, 6.45) is -0.316. The molecule has 0 spiro atoms. The van der Waals surface area contributed by atoms with Gasteiger partial charge in [-0.2, -0.15) is 0 Å². The standard InChI is InChI=1S/C43H27N3O2/c1-2-11-27(12-3-1)41-44-42(30-21-20-26-10-4-5-13-28(26)24-30)46-43(45-41)34-16-9-19-37-40(34)39-31(15-8-18-36(39)48-37)29-22-23-33-32-14-6-7-17-35(32)47-38(33)25-29/h1-25,41H,(H,44,45,46). The molecular formula is C43H27N3O2. The fraction of sp³-hybridized carbons (Fsp3) is 0.0233. The van der Waals surface area contributed by atoms with Gasteiger partial charge in [0.25, 0.3) is 0 Å². The van der Waals surface area contributed by atoms with E-state index in [1.807, 2.05) is 54.6 Å². The molecule has 9 aromatic rings. The van der Waals surface area contributed by atoms with Crippen molar-refractivity contribution in [1.29, 1.82) is 0 Å². The normalized spacial score (nSPS) is 14.9. The fourth-order valence-corrected chi connectivity index (χ4v) is 7.05. The molecule has 0 saturated heterocycles. The molecule has 226 valence electrons. The molecule has 1 unspecified atom stereocenters. The third-order valence-electron chi connectivity index (χ3n) is 9.33. The van der Waals surface area contributed by atoms with Crippen molar-refractivity contribution in [3.63, 3.8) is 0 Å². The Labute approximate surface area is 275 Å². The van der Waals surface area contributed by atoms with Crippen molar-refractivity contribution in [2.75, 3.05) is 0 Å². The third kappa shape index (κ3) is 4.25. The molecule has 0 bridgehead atoms. The summed E-state index contributed by atoms with van der Waals surface area (Å²) >= 11 is 0. The molecule has 0 radical (unpaired) electrons. The summed E-state index contributed by atoms with van der Waals surface area (Å²) in [4.78, 5) is 10.3. The van der Waals surface area contributed by atoms with E-state index in [2.05, 4.69) is 102 Å². The number of furan rings is 2. The summed E-state index contributed by atoms with van der Waals surface area (Å²) in [5, 5.41) is 10.3. The quantitative estimate of drug-likeness (QED) is 0.214. The first kappa shape index (κ1) is 26.7. The van der Waals surface area contributed by atoms with Gasteiger partial charge in [0.15, 0.2) is 5.84 Å². The number of amidine groups is 2. The van der Waals surface area contributed by atoms with E-state index in [0.29, 0.717) is 5.84 Å². The van der Waals surface area contributed by atoms with Crippen molar-refractivity contribution in [2.45, 2.75) is 6.17 Å². The number of rotatable bonds is 4. The van der Waals surface area contributed by atoms with Crippen LogP contribution < -0.4 is 5.32 Å². The van der Waals surface area contributed by atoms with Crippen LogP contribution in [-0.4, -0.2) is 11.7 Å². The molecule has 2 aromatic heterocycles. The summed E-state index contributed by atoms with van der Waals surface area (Å²) in [6, 6.07) is 52.2. The number of para-hydroxylation sites is 1. The van der Waals surface area contributed by atoms with E-state index >= 15 is 0 Å². The molecule has 0 saturated carbocycles. The van der Waals surface area contributed by atoms with Crippen LogP contribution in [0.25, 0.3) is 65.8 Å². The van der Waals surface area contributed by atoms with Crippen molar-refractivity contribution < 1.29 is 8.83 Å². The molecule has 10 rings (SSSR count). The first-order chi connectivity index (χ1) is 23.8. The molecule has 3 heterocycles. The highest BCUT2D eigenvalue weighted by Crippen LogP contribution is 2.40. The molecule has 5 nitrogen and oxygen atoms in total. The highest BCUT2D eigenvalue weighted by atomic mass is 16.3. The lowest BCUT2D eigenvalue weighted by atomic mass is 9.96. The number of nitrogens with one attached hydrogen (secondary N) is 1. The van der Waals surface area contributed by atoms with Gasteiger partial charge in [-0.25, -0.2) is 9.98 Å². The number of nitrogens with zero attached hydrogens (tertiary/aromatic N) is 2. The molecule has 1 atom stereocenters. The Hall–Kier alpha value is -6.46. The van der Waals surface area contributed by atoms with Gasteiger partial charge in [-0.3, -0.25) is 0 Å². The minimum absolute atomic E-state index is 0.316. The first-order valence-electron chi connectivity index (χ1n) is 16.1. The average Bonchev–Trinajstić information content (AvgIpc) is 3.73. The van der Waals surface area contributed by atoms with E-state index in [4.69, 9.17) is 18.8 Å². The summed E-state index contributed by atoms with van der Waals surface area (Å²) in [5.74, 6) is 1.43. The first-order valence-corrected chi connectivity index (χ1v) is 16.1. The molecule has 0 aliphatic carbocycles. The second-order valence-electron chi connectivity index (χ2n) is 12.2. The van der Waals surface area contributed by atoms with Crippen molar-refractivity contribution in [1.82, 2.24) is 5.32 Å². The molecule has 5 heteroatoms. The molecule has 7 aromatic carbocycles. The second kappa shape index (κ2) is 10.5. The zero-order chi connectivity index (χ0) is 31.6. The Morgan fingerprint density at radius 1 is 0.479 bits per heavy atom. The molecule has 1 aliphatic rings. The predicted molar refractivity (Wildman–Crippen MR) is 196 cm³/mol. The minimum atomic E-state index is -0.316. The van der Waals surface area contributed by atoms with Crippen molar-refractivity contribution >= 4 is 66.3 Å². The van der Waals surface area contributed by atoms with Crippen LogP contribution in [0.15, 0.2) is 170 Å². The van der Waals surface area contributed by atoms with Gasteiger partial charge >= 0.3 is 0 Å². The minimum Gasteiger partial charge on any atom is -0.456 e. The molecular weight excluding hydrogens is 590 g/mol. The van der Waals surface area contributed by atoms with E-state index in [1.54, 1.807) is 0 Å². The van der Waals surface area contributed by atoms with Crippen LogP contribution in [0.4, 0.5) is 0 Å². The van der Waals surface area contributed by atoms with E-state index < -0.39 is 0 Å². The van der Waals surface area contributed by atoms with Crippen LogP contribution in [0.5, 0.6) is 0 Å². The van der Waals surface area contributed by atoms with Crippen LogP contribution in [0.1, 0.15) is 22.9 Å². The average molecular weight is 618 g/mol. The Balaban J connectivity index is 1.18. The molecule has 1 N–H and O–H groups in total. The monoisotopic (exact) mass is 617 g/mol. The van der Waals surface area contributed by atoms with Gasteiger partial charge in [-0.05, 0) is 63.9 Å².